The summed E-state index contributed by atoms with van der Waals surface area (Å²) < 4.78 is 5.18. The van der Waals surface area contributed by atoms with Crippen LogP contribution in [0, 0.1) is 0 Å². The molecule has 0 aliphatic carbocycles. The quantitative estimate of drug-likeness (QED) is 0.575. The van der Waals surface area contributed by atoms with Gasteiger partial charge in [0.15, 0.2) is 11.5 Å². The standard InChI is InChI=1S/C11H13NO5/c1-2-16-10-5-8(3-4-9(10)13)6-12-17-7-11(14)15/h3-6,13H,2,7H2,1H3,(H,14,15). The molecule has 0 spiro atoms. The van der Waals surface area contributed by atoms with Crippen LogP contribution in [0.1, 0.15) is 12.5 Å². The molecule has 1 aromatic carbocycles. The van der Waals surface area contributed by atoms with Crippen LogP contribution < -0.4 is 4.74 Å². The van der Waals surface area contributed by atoms with E-state index in [4.69, 9.17) is 9.84 Å². The third kappa shape index (κ3) is 4.42. The second-order valence-electron chi connectivity index (χ2n) is 3.06. The Morgan fingerprint density at radius 3 is 2.94 bits per heavy atom. The van der Waals surface area contributed by atoms with Crippen molar-refractivity contribution in [3.63, 3.8) is 0 Å². The number of phenols is 1. The van der Waals surface area contributed by atoms with Crippen molar-refractivity contribution >= 4 is 12.2 Å². The van der Waals surface area contributed by atoms with Gasteiger partial charge in [-0.25, -0.2) is 4.79 Å². The zero-order valence-electron chi connectivity index (χ0n) is 9.29. The fourth-order valence-electron chi connectivity index (χ4n) is 1.07. The molecule has 6 heteroatoms. The van der Waals surface area contributed by atoms with Crippen molar-refractivity contribution in [3.8, 4) is 11.5 Å². The summed E-state index contributed by atoms with van der Waals surface area (Å²) in [7, 11) is 0. The first kappa shape index (κ1) is 12.8. The number of nitrogens with zero attached hydrogens (tertiary/aromatic N) is 1. The lowest BCUT2D eigenvalue weighted by Gasteiger charge is -2.05. The Labute approximate surface area is 98.1 Å². The van der Waals surface area contributed by atoms with Gasteiger partial charge >= 0.3 is 5.97 Å². The monoisotopic (exact) mass is 239 g/mol. The molecule has 0 fully saturated rings. The Kier molecular flexibility index (Phi) is 4.80. The van der Waals surface area contributed by atoms with E-state index in [1.165, 1.54) is 12.3 Å². The lowest BCUT2D eigenvalue weighted by molar-refractivity contribution is -0.142. The highest BCUT2D eigenvalue weighted by molar-refractivity contribution is 5.80. The van der Waals surface area contributed by atoms with Gasteiger partial charge in [0.2, 0.25) is 6.61 Å². The number of oxime groups is 1. The number of carbonyl (C=O) groups is 1. The third-order valence-electron chi connectivity index (χ3n) is 1.75. The summed E-state index contributed by atoms with van der Waals surface area (Å²) in [6.45, 7) is 1.74. The maximum atomic E-state index is 10.1. The molecule has 6 nitrogen and oxygen atoms in total. The number of phenolic OH excluding ortho intramolecular Hbond substituents is 1. The number of aliphatic carboxylic acids is 1. The number of ether oxygens (including phenoxy) is 1. The van der Waals surface area contributed by atoms with Gasteiger partial charge in [-0.05, 0) is 25.1 Å². The van der Waals surface area contributed by atoms with Crippen molar-refractivity contribution in [3.05, 3.63) is 23.8 Å². The Bertz CT molecular complexity index is 416. The van der Waals surface area contributed by atoms with E-state index in [0.29, 0.717) is 17.9 Å². The van der Waals surface area contributed by atoms with E-state index < -0.39 is 12.6 Å². The van der Waals surface area contributed by atoms with Gasteiger partial charge < -0.3 is 19.8 Å². The Morgan fingerprint density at radius 2 is 2.29 bits per heavy atom. The number of aromatic hydroxyl groups is 1. The molecule has 0 heterocycles. The molecule has 0 unspecified atom stereocenters. The number of benzene rings is 1. The fourth-order valence-corrected chi connectivity index (χ4v) is 1.07. The maximum Gasteiger partial charge on any atom is 0.344 e. The zero-order chi connectivity index (χ0) is 12.7. The van der Waals surface area contributed by atoms with E-state index in [2.05, 4.69) is 9.99 Å². The van der Waals surface area contributed by atoms with E-state index in [9.17, 15) is 9.90 Å². The molecule has 0 radical (unpaired) electrons. The van der Waals surface area contributed by atoms with Gasteiger partial charge in [-0.2, -0.15) is 0 Å². The lowest BCUT2D eigenvalue weighted by Crippen LogP contribution is -2.03. The first-order valence-corrected chi connectivity index (χ1v) is 4.96. The highest BCUT2D eigenvalue weighted by Gasteiger charge is 2.02. The van der Waals surface area contributed by atoms with Gasteiger partial charge in [0.05, 0.1) is 12.8 Å². The summed E-state index contributed by atoms with van der Waals surface area (Å²) in [5.74, 6) is -0.715. The smallest absolute Gasteiger partial charge is 0.344 e. The lowest BCUT2D eigenvalue weighted by atomic mass is 10.2. The van der Waals surface area contributed by atoms with E-state index in [0.717, 1.165) is 0 Å². The summed E-state index contributed by atoms with van der Waals surface area (Å²) in [4.78, 5) is 14.6. The van der Waals surface area contributed by atoms with Gasteiger partial charge in [0, 0.05) is 5.56 Å². The van der Waals surface area contributed by atoms with Gasteiger partial charge in [-0.1, -0.05) is 5.16 Å². The molecular weight excluding hydrogens is 226 g/mol. The second kappa shape index (κ2) is 6.37. The predicted molar refractivity (Wildman–Crippen MR) is 60.5 cm³/mol. The van der Waals surface area contributed by atoms with E-state index in [-0.39, 0.29) is 5.75 Å². The maximum absolute atomic E-state index is 10.1. The van der Waals surface area contributed by atoms with E-state index in [1.54, 1.807) is 19.1 Å². The van der Waals surface area contributed by atoms with Crippen molar-refractivity contribution in [2.45, 2.75) is 6.92 Å². The molecule has 0 aliphatic rings. The Balaban J connectivity index is 2.65. The fraction of sp³-hybridized carbons (Fsp3) is 0.273. The Morgan fingerprint density at radius 1 is 1.53 bits per heavy atom. The minimum atomic E-state index is -1.09. The van der Waals surface area contributed by atoms with Crippen molar-refractivity contribution in [1.82, 2.24) is 0 Å². The minimum absolute atomic E-state index is 0.0375. The number of carboxylic acid groups (broad SMARTS) is 1. The van der Waals surface area contributed by atoms with Crippen molar-refractivity contribution in [1.29, 1.82) is 0 Å². The van der Waals surface area contributed by atoms with Crippen LogP contribution in [-0.2, 0) is 9.63 Å². The first-order chi connectivity index (χ1) is 8.13. The summed E-state index contributed by atoms with van der Waals surface area (Å²) in [6, 6.07) is 4.64. The van der Waals surface area contributed by atoms with Crippen molar-refractivity contribution in [2.75, 3.05) is 13.2 Å². The predicted octanol–water partition coefficient (Wildman–Crippen LogP) is 1.23. The van der Waals surface area contributed by atoms with Crippen LogP contribution in [0.15, 0.2) is 23.4 Å². The average Bonchev–Trinajstić information content (AvgIpc) is 2.28. The number of rotatable bonds is 6. The molecule has 0 aromatic heterocycles. The molecule has 1 aromatic rings. The molecule has 92 valence electrons. The molecule has 1 rings (SSSR count). The zero-order valence-corrected chi connectivity index (χ0v) is 9.29. The average molecular weight is 239 g/mol. The number of carboxylic acids is 1. The van der Waals surface area contributed by atoms with Crippen LogP contribution in [0.3, 0.4) is 0 Å². The normalized spacial score (nSPS) is 10.4. The van der Waals surface area contributed by atoms with Crippen molar-refractivity contribution in [2.24, 2.45) is 5.16 Å². The molecule has 0 bridgehead atoms. The summed E-state index contributed by atoms with van der Waals surface area (Å²) in [6.07, 6.45) is 1.34. The molecular formula is C11H13NO5. The number of hydrogen-bond acceptors (Lipinski definition) is 5. The molecule has 0 atom stereocenters. The minimum Gasteiger partial charge on any atom is -0.504 e. The topological polar surface area (TPSA) is 88.4 Å². The summed E-state index contributed by atoms with van der Waals surface area (Å²) >= 11 is 0. The SMILES string of the molecule is CCOc1cc(C=NOCC(=O)O)ccc1O. The molecule has 0 saturated carbocycles. The van der Waals surface area contributed by atoms with Gasteiger partial charge in [0.1, 0.15) is 0 Å². The van der Waals surface area contributed by atoms with Gasteiger partial charge in [-0.3, -0.25) is 0 Å². The number of hydrogen-bond donors (Lipinski definition) is 2. The van der Waals surface area contributed by atoms with Crippen molar-refractivity contribution < 1.29 is 24.6 Å². The molecule has 0 saturated heterocycles. The molecule has 2 N–H and O–H groups in total. The second-order valence-corrected chi connectivity index (χ2v) is 3.06. The van der Waals surface area contributed by atoms with Gasteiger partial charge in [0.25, 0.3) is 0 Å². The van der Waals surface area contributed by atoms with E-state index in [1.807, 2.05) is 0 Å². The highest BCUT2D eigenvalue weighted by Crippen LogP contribution is 2.26. The van der Waals surface area contributed by atoms with E-state index >= 15 is 0 Å². The van der Waals surface area contributed by atoms with Crippen LogP contribution >= 0.6 is 0 Å². The largest absolute Gasteiger partial charge is 0.504 e. The van der Waals surface area contributed by atoms with Crippen LogP contribution in [0.25, 0.3) is 0 Å². The van der Waals surface area contributed by atoms with Crippen LogP contribution in [0.5, 0.6) is 11.5 Å². The Hall–Kier alpha value is -2.24. The first-order valence-electron chi connectivity index (χ1n) is 4.96. The molecule has 0 amide bonds. The highest BCUT2D eigenvalue weighted by atomic mass is 16.6. The summed E-state index contributed by atoms with van der Waals surface area (Å²) in [5.41, 5.74) is 0.636. The summed E-state index contributed by atoms with van der Waals surface area (Å²) in [5, 5.41) is 21.2. The van der Waals surface area contributed by atoms with Crippen LogP contribution in [0.2, 0.25) is 0 Å². The van der Waals surface area contributed by atoms with Crippen LogP contribution in [-0.4, -0.2) is 35.6 Å². The van der Waals surface area contributed by atoms with Crippen LogP contribution in [0.4, 0.5) is 0 Å². The molecule has 17 heavy (non-hydrogen) atoms. The van der Waals surface area contributed by atoms with Gasteiger partial charge in [-0.15, -0.1) is 0 Å². The molecule has 0 aliphatic heterocycles. The third-order valence-corrected chi connectivity index (χ3v) is 1.75.